The van der Waals surface area contributed by atoms with Crippen molar-refractivity contribution in [2.45, 2.75) is 30.6 Å². The average Bonchev–Trinajstić information content (AvgIpc) is 2.39. The van der Waals surface area contributed by atoms with Crippen LogP contribution >= 0.6 is 0 Å². The molecule has 4 nitrogen and oxygen atoms in total. The van der Waals surface area contributed by atoms with Crippen molar-refractivity contribution in [2.75, 3.05) is 19.3 Å². The zero-order chi connectivity index (χ0) is 14.5. The third-order valence-electron chi connectivity index (χ3n) is 3.56. The number of hydrogen-bond acceptors (Lipinski definition) is 4. The van der Waals surface area contributed by atoms with E-state index in [1.165, 1.54) is 6.26 Å². The molecule has 1 unspecified atom stereocenters. The standard InChI is InChI=1S/C14H24N2O2S/c1-3-12(8-11(9-15)10-16)13-4-6-14(7-5-13)19(2,17)18/h4-7,11-12H,3,8-10,15-16H2,1-2H3. The van der Waals surface area contributed by atoms with E-state index < -0.39 is 9.84 Å². The van der Waals surface area contributed by atoms with Crippen molar-refractivity contribution in [3.8, 4) is 0 Å². The third kappa shape index (κ3) is 4.60. The van der Waals surface area contributed by atoms with Crippen LogP contribution in [-0.2, 0) is 9.84 Å². The van der Waals surface area contributed by atoms with Gasteiger partial charge < -0.3 is 11.5 Å². The minimum Gasteiger partial charge on any atom is -0.330 e. The van der Waals surface area contributed by atoms with E-state index >= 15 is 0 Å². The average molecular weight is 284 g/mol. The van der Waals surface area contributed by atoms with Crippen LogP contribution in [0.25, 0.3) is 0 Å². The van der Waals surface area contributed by atoms with Gasteiger partial charge in [0, 0.05) is 6.26 Å². The summed E-state index contributed by atoms with van der Waals surface area (Å²) in [6.07, 6.45) is 3.16. The second-order valence-corrected chi connectivity index (χ2v) is 7.04. The van der Waals surface area contributed by atoms with Gasteiger partial charge >= 0.3 is 0 Å². The Bertz CT molecular complexity index is 479. The topological polar surface area (TPSA) is 86.2 Å². The molecule has 1 atom stereocenters. The number of sulfone groups is 1. The van der Waals surface area contributed by atoms with Crippen molar-refractivity contribution in [3.05, 3.63) is 29.8 Å². The summed E-state index contributed by atoms with van der Waals surface area (Å²) in [7, 11) is -3.12. The summed E-state index contributed by atoms with van der Waals surface area (Å²) >= 11 is 0. The highest BCUT2D eigenvalue weighted by atomic mass is 32.2. The molecular weight excluding hydrogens is 260 g/mol. The van der Waals surface area contributed by atoms with Crippen LogP contribution in [0.15, 0.2) is 29.2 Å². The van der Waals surface area contributed by atoms with Crippen molar-refractivity contribution >= 4 is 9.84 Å². The Hall–Kier alpha value is -0.910. The normalized spacial score (nSPS) is 13.7. The van der Waals surface area contributed by atoms with Gasteiger partial charge in [0.15, 0.2) is 9.84 Å². The first-order valence-corrected chi connectivity index (χ1v) is 8.51. The van der Waals surface area contributed by atoms with Gasteiger partial charge in [0.2, 0.25) is 0 Å². The summed E-state index contributed by atoms with van der Waals surface area (Å²) in [6, 6.07) is 7.14. The van der Waals surface area contributed by atoms with Crippen molar-refractivity contribution in [1.82, 2.24) is 0 Å². The van der Waals surface area contributed by atoms with Gasteiger partial charge in [-0.2, -0.15) is 0 Å². The molecule has 0 bridgehead atoms. The second kappa shape index (κ2) is 7.03. The van der Waals surface area contributed by atoms with Crippen molar-refractivity contribution in [3.63, 3.8) is 0 Å². The Morgan fingerprint density at radius 1 is 1.11 bits per heavy atom. The highest BCUT2D eigenvalue weighted by Crippen LogP contribution is 2.27. The molecule has 0 amide bonds. The predicted octanol–water partition coefficient (Wildman–Crippen LogP) is 1.51. The maximum atomic E-state index is 11.4. The van der Waals surface area contributed by atoms with Gasteiger partial charge in [-0.3, -0.25) is 0 Å². The van der Waals surface area contributed by atoms with Gasteiger partial charge in [0.05, 0.1) is 4.90 Å². The summed E-state index contributed by atoms with van der Waals surface area (Å²) in [5, 5.41) is 0. The Labute approximate surface area is 116 Å². The molecule has 4 N–H and O–H groups in total. The van der Waals surface area contributed by atoms with E-state index in [2.05, 4.69) is 6.92 Å². The van der Waals surface area contributed by atoms with Gasteiger partial charge in [-0.05, 0) is 55.5 Å². The van der Waals surface area contributed by atoms with Crippen LogP contribution in [0.2, 0.25) is 0 Å². The van der Waals surface area contributed by atoms with Gasteiger partial charge in [-0.15, -0.1) is 0 Å². The maximum Gasteiger partial charge on any atom is 0.175 e. The number of benzene rings is 1. The Balaban J connectivity index is 2.88. The minimum atomic E-state index is -3.12. The van der Waals surface area contributed by atoms with Gasteiger partial charge in [0.25, 0.3) is 0 Å². The number of rotatable bonds is 7. The van der Waals surface area contributed by atoms with Crippen LogP contribution in [0.3, 0.4) is 0 Å². The fraction of sp³-hybridized carbons (Fsp3) is 0.571. The SMILES string of the molecule is CCC(CC(CN)CN)c1ccc(S(C)(=O)=O)cc1. The molecule has 0 saturated carbocycles. The Morgan fingerprint density at radius 2 is 1.63 bits per heavy atom. The zero-order valence-electron chi connectivity index (χ0n) is 11.7. The zero-order valence-corrected chi connectivity index (χ0v) is 12.5. The highest BCUT2D eigenvalue weighted by molar-refractivity contribution is 7.90. The van der Waals surface area contributed by atoms with E-state index in [4.69, 9.17) is 11.5 Å². The molecule has 0 aliphatic carbocycles. The number of hydrogen-bond donors (Lipinski definition) is 2. The van der Waals surface area contributed by atoms with Crippen LogP contribution in [-0.4, -0.2) is 27.8 Å². The van der Waals surface area contributed by atoms with Crippen molar-refractivity contribution in [2.24, 2.45) is 17.4 Å². The lowest BCUT2D eigenvalue weighted by Gasteiger charge is -2.21. The molecule has 5 heteroatoms. The van der Waals surface area contributed by atoms with E-state index in [0.29, 0.717) is 29.8 Å². The maximum absolute atomic E-state index is 11.4. The monoisotopic (exact) mass is 284 g/mol. The molecule has 0 aromatic heterocycles. The van der Waals surface area contributed by atoms with Gasteiger partial charge in [0.1, 0.15) is 0 Å². The number of nitrogens with two attached hydrogens (primary N) is 2. The Morgan fingerprint density at radius 3 is 2.00 bits per heavy atom. The lowest BCUT2D eigenvalue weighted by molar-refractivity contribution is 0.442. The molecule has 0 radical (unpaired) electrons. The van der Waals surface area contributed by atoms with Crippen molar-refractivity contribution < 1.29 is 8.42 Å². The third-order valence-corrected chi connectivity index (χ3v) is 4.69. The molecule has 1 aromatic rings. The van der Waals surface area contributed by atoms with E-state index in [-0.39, 0.29) is 0 Å². The smallest absolute Gasteiger partial charge is 0.175 e. The first kappa shape index (κ1) is 16.1. The fourth-order valence-electron chi connectivity index (χ4n) is 2.22. The largest absolute Gasteiger partial charge is 0.330 e. The van der Waals surface area contributed by atoms with Gasteiger partial charge in [-0.1, -0.05) is 19.1 Å². The molecule has 0 fully saturated rings. The molecule has 1 aromatic carbocycles. The summed E-state index contributed by atoms with van der Waals surface area (Å²) in [4.78, 5) is 0.361. The quantitative estimate of drug-likeness (QED) is 0.794. The van der Waals surface area contributed by atoms with Crippen LogP contribution in [0.1, 0.15) is 31.2 Å². The molecule has 0 aliphatic rings. The molecule has 1 rings (SSSR count). The van der Waals surface area contributed by atoms with Crippen LogP contribution in [0.4, 0.5) is 0 Å². The summed E-state index contributed by atoms with van der Waals surface area (Å²) in [5.41, 5.74) is 12.5. The summed E-state index contributed by atoms with van der Waals surface area (Å²) in [5.74, 6) is 0.699. The highest BCUT2D eigenvalue weighted by Gasteiger charge is 2.16. The molecule has 0 saturated heterocycles. The molecule has 108 valence electrons. The fourth-order valence-corrected chi connectivity index (χ4v) is 2.85. The van der Waals surface area contributed by atoms with E-state index in [1.807, 2.05) is 12.1 Å². The van der Waals surface area contributed by atoms with Crippen LogP contribution < -0.4 is 11.5 Å². The lowest BCUT2D eigenvalue weighted by Crippen LogP contribution is -2.25. The predicted molar refractivity (Wildman–Crippen MR) is 78.8 cm³/mol. The summed E-state index contributed by atoms with van der Waals surface area (Å²) in [6.45, 7) is 3.31. The lowest BCUT2D eigenvalue weighted by atomic mass is 9.87. The van der Waals surface area contributed by atoms with Crippen LogP contribution in [0.5, 0.6) is 0 Å². The minimum absolute atomic E-state index is 0.319. The molecule has 0 spiro atoms. The molecule has 0 aliphatic heterocycles. The summed E-state index contributed by atoms with van der Waals surface area (Å²) < 4.78 is 22.8. The van der Waals surface area contributed by atoms with Gasteiger partial charge in [-0.25, -0.2) is 8.42 Å². The van der Waals surface area contributed by atoms with Crippen LogP contribution in [0, 0.1) is 5.92 Å². The molecule has 19 heavy (non-hydrogen) atoms. The molecule has 0 heterocycles. The Kier molecular flexibility index (Phi) is 5.97. The second-order valence-electron chi connectivity index (χ2n) is 5.02. The first-order chi connectivity index (χ1) is 8.92. The molecular formula is C14H24N2O2S. The van der Waals surface area contributed by atoms with E-state index in [0.717, 1.165) is 18.4 Å². The van der Waals surface area contributed by atoms with E-state index in [9.17, 15) is 8.42 Å². The van der Waals surface area contributed by atoms with Crippen molar-refractivity contribution in [1.29, 1.82) is 0 Å². The first-order valence-electron chi connectivity index (χ1n) is 6.62. The van der Waals surface area contributed by atoms with E-state index in [1.54, 1.807) is 12.1 Å².